The second kappa shape index (κ2) is 2.76. The predicted molar refractivity (Wildman–Crippen MR) is 46.5 cm³/mol. The zero-order valence-electron chi connectivity index (χ0n) is 7.78. The highest BCUT2D eigenvalue weighted by Crippen LogP contribution is 2.37. The van der Waals surface area contributed by atoms with Gasteiger partial charge in [-0.15, -0.1) is 0 Å². The Kier molecular flexibility index (Phi) is 2.26. The van der Waals surface area contributed by atoms with Crippen molar-refractivity contribution in [3.05, 3.63) is 0 Å². The van der Waals surface area contributed by atoms with Gasteiger partial charge in [-0.1, -0.05) is 20.8 Å². The van der Waals surface area contributed by atoms with Crippen LogP contribution in [0.4, 0.5) is 0 Å². The van der Waals surface area contributed by atoms with Crippen molar-refractivity contribution in [2.45, 2.75) is 39.2 Å². The van der Waals surface area contributed by atoms with Gasteiger partial charge in [0.2, 0.25) is 0 Å². The van der Waals surface area contributed by atoms with Crippen molar-refractivity contribution < 1.29 is 5.11 Å². The van der Waals surface area contributed by atoms with Crippen LogP contribution in [0.3, 0.4) is 0 Å². The average Bonchev–Trinajstić information content (AvgIpc) is 2.38. The van der Waals surface area contributed by atoms with E-state index in [4.69, 9.17) is 0 Å². The molecular formula is C9H19NO. The molecule has 1 unspecified atom stereocenters. The average molecular weight is 157 g/mol. The van der Waals surface area contributed by atoms with E-state index in [2.05, 4.69) is 26.1 Å². The molecule has 2 nitrogen and oxygen atoms in total. The van der Waals surface area contributed by atoms with E-state index in [0.717, 1.165) is 25.9 Å². The van der Waals surface area contributed by atoms with E-state index in [0.29, 0.717) is 0 Å². The normalized spacial score (nSPS) is 32.7. The van der Waals surface area contributed by atoms with Crippen LogP contribution in [0.1, 0.15) is 33.6 Å². The summed E-state index contributed by atoms with van der Waals surface area (Å²) < 4.78 is 0. The van der Waals surface area contributed by atoms with E-state index in [1.54, 1.807) is 0 Å². The Morgan fingerprint density at radius 2 is 2.18 bits per heavy atom. The molecule has 0 aromatic rings. The quantitative estimate of drug-likeness (QED) is 0.630. The van der Waals surface area contributed by atoms with Crippen molar-refractivity contribution in [2.75, 3.05) is 13.1 Å². The highest BCUT2D eigenvalue weighted by atomic mass is 16.3. The molecule has 1 rings (SSSR count). The minimum Gasteiger partial charge on any atom is -0.388 e. The second-order valence-corrected chi connectivity index (χ2v) is 4.20. The lowest BCUT2D eigenvalue weighted by atomic mass is 9.72. The summed E-state index contributed by atoms with van der Waals surface area (Å²) in [6.45, 7) is 8.13. The fourth-order valence-corrected chi connectivity index (χ4v) is 1.59. The molecule has 11 heavy (non-hydrogen) atoms. The minimum absolute atomic E-state index is 0.0521. The molecule has 2 N–H and O–H groups in total. The first-order valence-electron chi connectivity index (χ1n) is 4.45. The highest BCUT2D eigenvalue weighted by Gasteiger charge is 2.43. The largest absolute Gasteiger partial charge is 0.388 e. The van der Waals surface area contributed by atoms with Gasteiger partial charge >= 0.3 is 0 Å². The van der Waals surface area contributed by atoms with Crippen LogP contribution in [-0.4, -0.2) is 23.8 Å². The molecule has 0 aromatic carbocycles. The van der Waals surface area contributed by atoms with E-state index in [-0.39, 0.29) is 5.41 Å². The molecule has 0 saturated carbocycles. The number of hydrogen-bond donors (Lipinski definition) is 2. The first-order valence-corrected chi connectivity index (χ1v) is 4.45. The maximum atomic E-state index is 10.2. The van der Waals surface area contributed by atoms with E-state index in [1.165, 1.54) is 0 Å². The van der Waals surface area contributed by atoms with Gasteiger partial charge in [0.1, 0.15) is 0 Å². The Balaban J connectivity index is 2.69. The lowest BCUT2D eigenvalue weighted by Crippen LogP contribution is -2.46. The van der Waals surface area contributed by atoms with Gasteiger partial charge in [-0.3, -0.25) is 0 Å². The van der Waals surface area contributed by atoms with Crippen LogP contribution in [0, 0.1) is 5.41 Å². The van der Waals surface area contributed by atoms with Crippen molar-refractivity contribution in [3.8, 4) is 0 Å². The van der Waals surface area contributed by atoms with E-state index in [9.17, 15) is 5.11 Å². The van der Waals surface area contributed by atoms with Crippen LogP contribution in [0.15, 0.2) is 0 Å². The first-order chi connectivity index (χ1) is 5.02. The van der Waals surface area contributed by atoms with Gasteiger partial charge in [0.05, 0.1) is 5.60 Å². The fraction of sp³-hybridized carbons (Fsp3) is 1.00. The van der Waals surface area contributed by atoms with Gasteiger partial charge in [-0.05, 0) is 24.8 Å². The van der Waals surface area contributed by atoms with E-state index < -0.39 is 5.60 Å². The van der Waals surface area contributed by atoms with Crippen molar-refractivity contribution in [1.82, 2.24) is 5.32 Å². The monoisotopic (exact) mass is 157 g/mol. The standard InChI is InChI=1S/C9H19NO/c1-4-8(2,3)9(11)5-6-10-7-9/h10-11H,4-7H2,1-3H3. The Morgan fingerprint density at radius 1 is 1.55 bits per heavy atom. The summed E-state index contributed by atoms with van der Waals surface area (Å²) in [7, 11) is 0. The molecule has 0 radical (unpaired) electrons. The van der Waals surface area contributed by atoms with Gasteiger partial charge in [-0.25, -0.2) is 0 Å². The van der Waals surface area contributed by atoms with Crippen LogP contribution < -0.4 is 5.32 Å². The molecule has 2 heteroatoms. The SMILES string of the molecule is CCC(C)(C)C1(O)CCNC1. The summed E-state index contributed by atoms with van der Waals surface area (Å²) >= 11 is 0. The molecule has 0 bridgehead atoms. The molecule has 0 aromatic heterocycles. The van der Waals surface area contributed by atoms with Gasteiger partial charge < -0.3 is 10.4 Å². The van der Waals surface area contributed by atoms with Gasteiger partial charge in [0.25, 0.3) is 0 Å². The zero-order valence-corrected chi connectivity index (χ0v) is 7.78. The summed E-state index contributed by atoms with van der Waals surface area (Å²) in [4.78, 5) is 0. The summed E-state index contributed by atoms with van der Waals surface area (Å²) in [5.74, 6) is 0. The van der Waals surface area contributed by atoms with E-state index in [1.807, 2.05) is 0 Å². The lowest BCUT2D eigenvalue weighted by Gasteiger charge is -2.38. The summed E-state index contributed by atoms with van der Waals surface area (Å²) in [6.07, 6.45) is 1.93. The topological polar surface area (TPSA) is 32.3 Å². The third kappa shape index (κ3) is 1.42. The Hall–Kier alpha value is -0.0800. The molecule has 66 valence electrons. The lowest BCUT2D eigenvalue weighted by molar-refractivity contribution is -0.0515. The van der Waals surface area contributed by atoms with Crippen molar-refractivity contribution in [3.63, 3.8) is 0 Å². The molecule has 0 spiro atoms. The maximum absolute atomic E-state index is 10.2. The van der Waals surface area contributed by atoms with Crippen LogP contribution in [0.25, 0.3) is 0 Å². The smallest absolute Gasteiger partial charge is 0.0834 e. The van der Waals surface area contributed by atoms with Crippen molar-refractivity contribution in [2.24, 2.45) is 5.41 Å². The third-order valence-electron chi connectivity index (χ3n) is 3.28. The maximum Gasteiger partial charge on any atom is 0.0834 e. The predicted octanol–water partition coefficient (Wildman–Crippen LogP) is 1.15. The molecule has 1 aliphatic rings. The summed E-state index contributed by atoms with van der Waals surface area (Å²) in [5.41, 5.74) is -0.418. The number of hydrogen-bond acceptors (Lipinski definition) is 2. The Bertz CT molecular complexity index is 136. The highest BCUT2D eigenvalue weighted by molar-refractivity contribution is 4.98. The van der Waals surface area contributed by atoms with Gasteiger partial charge in [-0.2, -0.15) is 0 Å². The van der Waals surface area contributed by atoms with Crippen LogP contribution >= 0.6 is 0 Å². The van der Waals surface area contributed by atoms with Crippen molar-refractivity contribution >= 4 is 0 Å². The van der Waals surface area contributed by atoms with Gasteiger partial charge in [0.15, 0.2) is 0 Å². The molecule has 1 fully saturated rings. The molecule has 0 amide bonds. The van der Waals surface area contributed by atoms with Crippen LogP contribution in [0.5, 0.6) is 0 Å². The number of rotatable bonds is 2. The molecule has 1 atom stereocenters. The summed E-state index contributed by atoms with van der Waals surface area (Å²) in [6, 6.07) is 0. The first kappa shape index (κ1) is 9.01. The molecule has 1 aliphatic heterocycles. The number of nitrogens with one attached hydrogen (secondary N) is 1. The number of β-amino-alcohol motifs (C(OH)–C–C–N with tert-alkyl or cyclic N) is 1. The molecule has 1 heterocycles. The second-order valence-electron chi connectivity index (χ2n) is 4.20. The Labute approximate surface area is 69.0 Å². The van der Waals surface area contributed by atoms with Crippen LogP contribution in [0.2, 0.25) is 0 Å². The van der Waals surface area contributed by atoms with Crippen molar-refractivity contribution in [1.29, 1.82) is 0 Å². The van der Waals surface area contributed by atoms with E-state index >= 15 is 0 Å². The minimum atomic E-state index is -0.470. The Morgan fingerprint density at radius 3 is 2.55 bits per heavy atom. The molecule has 1 saturated heterocycles. The molecule has 0 aliphatic carbocycles. The molecular weight excluding hydrogens is 138 g/mol. The van der Waals surface area contributed by atoms with Gasteiger partial charge in [0, 0.05) is 6.54 Å². The third-order valence-corrected chi connectivity index (χ3v) is 3.28. The number of aliphatic hydroxyl groups is 1. The van der Waals surface area contributed by atoms with Crippen LogP contribution in [-0.2, 0) is 0 Å². The zero-order chi connectivity index (χ0) is 8.54. The summed E-state index contributed by atoms with van der Waals surface area (Å²) in [5, 5.41) is 13.4. The fourth-order valence-electron chi connectivity index (χ4n) is 1.59.